The van der Waals surface area contributed by atoms with E-state index in [9.17, 15) is 5.11 Å². The number of hydrogen-bond acceptors (Lipinski definition) is 3. The fourth-order valence-electron chi connectivity index (χ4n) is 3.53. The molecule has 0 aliphatic carbocycles. The zero-order valence-electron chi connectivity index (χ0n) is 17.7. The fourth-order valence-corrected chi connectivity index (χ4v) is 3.53. The van der Waals surface area contributed by atoms with Gasteiger partial charge in [-0.1, -0.05) is 103 Å². The van der Waals surface area contributed by atoms with Crippen molar-refractivity contribution in [1.82, 2.24) is 0 Å². The average Bonchev–Trinajstić information content (AvgIpc) is 2.63. The summed E-state index contributed by atoms with van der Waals surface area (Å²) in [7, 11) is 0. The average molecular weight is 378 g/mol. The molecule has 0 saturated heterocycles. The summed E-state index contributed by atoms with van der Waals surface area (Å²) >= 11 is 0. The van der Waals surface area contributed by atoms with E-state index in [0.29, 0.717) is 18.0 Å². The van der Waals surface area contributed by atoms with Crippen molar-refractivity contribution in [2.24, 2.45) is 0 Å². The van der Waals surface area contributed by atoms with E-state index in [-0.39, 0.29) is 5.75 Å². The van der Waals surface area contributed by atoms with Gasteiger partial charge in [0.15, 0.2) is 0 Å². The highest BCUT2D eigenvalue weighted by Crippen LogP contribution is 2.23. The first kappa shape index (κ1) is 23.7. The van der Waals surface area contributed by atoms with Gasteiger partial charge in [0.2, 0.25) is 0 Å². The van der Waals surface area contributed by atoms with Gasteiger partial charge in [0.1, 0.15) is 11.5 Å². The monoisotopic (exact) mass is 377 g/mol. The summed E-state index contributed by atoms with van der Waals surface area (Å²) in [5, 5.41) is 9.48. The van der Waals surface area contributed by atoms with Gasteiger partial charge < -0.3 is 15.6 Å². The van der Waals surface area contributed by atoms with Crippen LogP contribution in [-0.2, 0) is 0 Å². The molecule has 0 atom stereocenters. The Morgan fingerprint density at radius 2 is 1.11 bits per heavy atom. The number of benzene rings is 1. The lowest BCUT2D eigenvalue weighted by molar-refractivity contribution is 0.303. The van der Waals surface area contributed by atoms with Crippen LogP contribution in [0.1, 0.15) is 110 Å². The van der Waals surface area contributed by atoms with Crippen LogP contribution in [0.2, 0.25) is 0 Å². The van der Waals surface area contributed by atoms with Gasteiger partial charge in [0, 0.05) is 23.9 Å². The summed E-state index contributed by atoms with van der Waals surface area (Å²) in [4.78, 5) is 0. The van der Waals surface area contributed by atoms with Gasteiger partial charge in [-0.15, -0.1) is 0 Å². The predicted molar refractivity (Wildman–Crippen MR) is 118 cm³/mol. The first-order chi connectivity index (χ1) is 13.2. The zero-order valence-corrected chi connectivity index (χ0v) is 17.7. The van der Waals surface area contributed by atoms with Crippen LogP contribution in [0, 0.1) is 0 Å². The quantitative estimate of drug-likeness (QED) is 0.204. The Balaban J connectivity index is 1.78. The number of unbranched alkanes of at least 4 members (excludes halogenated alkanes) is 15. The van der Waals surface area contributed by atoms with Crippen LogP contribution in [0.25, 0.3) is 0 Å². The van der Waals surface area contributed by atoms with Crippen LogP contribution in [0.5, 0.6) is 11.5 Å². The molecule has 0 aliphatic heterocycles. The molecule has 3 N–H and O–H groups in total. The van der Waals surface area contributed by atoms with Gasteiger partial charge in [-0.2, -0.15) is 0 Å². The Morgan fingerprint density at radius 3 is 1.56 bits per heavy atom. The molecule has 1 aromatic carbocycles. The van der Waals surface area contributed by atoms with Crippen LogP contribution < -0.4 is 10.5 Å². The second-order valence-electron chi connectivity index (χ2n) is 7.91. The van der Waals surface area contributed by atoms with Crippen molar-refractivity contribution in [3.8, 4) is 11.5 Å². The van der Waals surface area contributed by atoms with Gasteiger partial charge in [-0.25, -0.2) is 0 Å². The van der Waals surface area contributed by atoms with Crippen LogP contribution in [-0.4, -0.2) is 11.7 Å². The van der Waals surface area contributed by atoms with E-state index < -0.39 is 0 Å². The Morgan fingerprint density at radius 1 is 0.667 bits per heavy atom. The molecule has 3 heteroatoms. The van der Waals surface area contributed by atoms with E-state index in [1.165, 1.54) is 102 Å². The van der Waals surface area contributed by atoms with E-state index >= 15 is 0 Å². The van der Waals surface area contributed by atoms with Crippen molar-refractivity contribution < 1.29 is 9.84 Å². The molecule has 0 amide bonds. The van der Waals surface area contributed by atoms with Crippen molar-refractivity contribution in [1.29, 1.82) is 0 Å². The lowest BCUT2D eigenvalue weighted by Crippen LogP contribution is -1.98. The van der Waals surface area contributed by atoms with Gasteiger partial charge >= 0.3 is 0 Å². The van der Waals surface area contributed by atoms with Crippen LogP contribution in [0.4, 0.5) is 5.69 Å². The number of ether oxygens (including phenoxy) is 1. The summed E-state index contributed by atoms with van der Waals surface area (Å²) < 4.78 is 5.65. The van der Waals surface area contributed by atoms with E-state index in [1.54, 1.807) is 12.1 Å². The Hall–Kier alpha value is -1.38. The van der Waals surface area contributed by atoms with Crippen molar-refractivity contribution >= 4 is 5.69 Å². The maximum Gasteiger partial charge on any atom is 0.125 e. The summed E-state index contributed by atoms with van der Waals surface area (Å²) in [6.45, 7) is 2.98. The molecular weight excluding hydrogens is 334 g/mol. The topological polar surface area (TPSA) is 55.5 Å². The summed E-state index contributed by atoms with van der Waals surface area (Å²) in [6.07, 6.45) is 21.9. The Labute approximate surface area is 167 Å². The minimum Gasteiger partial charge on any atom is -0.508 e. The molecule has 0 fully saturated rings. The third-order valence-electron chi connectivity index (χ3n) is 5.18. The molecule has 1 aromatic rings. The smallest absolute Gasteiger partial charge is 0.125 e. The van der Waals surface area contributed by atoms with Crippen LogP contribution in [0.15, 0.2) is 18.2 Å². The lowest BCUT2D eigenvalue weighted by Gasteiger charge is -2.07. The molecule has 156 valence electrons. The maximum atomic E-state index is 9.48. The third-order valence-corrected chi connectivity index (χ3v) is 5.18. The molecule has 0 saturated carbocycles. The number of nitrogens with two attached hydrogens (primary N) is 1. The summed E-state index contributed by atoms with van der Waals surface area (Å²) in [5.74, 6) is 0.824. The minimum atomic E-state index is 0.164. The number of rotatable bonds is 18. The van der Waals surface area contributed by atoms with Crippen molar-refractivity contribution in [2.45, 2.75) is 110 Å². The molecule has 0 bridgehead atoms. The number of phenols is 1. The molecule has 0 unspecified atom stereocenters. The molecule has 27 heavy (non-hydrogen) atoms. The van der Waals surface area contributed by atoms with Crippen molar-refractivity contribution in [3.05, 3.63) is 18.2 Å². The van der Waals surface area contributed by atoms with E-state index in [4.69, 9.17) is 10.5 Å². The SMILES string of the molecule is CCCCCCCCCCCCCCCCCCOc1cc(N)cc(O)c1. The number of aromatic hydroxyl groups is 1. The number of anilines is 1. The summed E-state index contributed by atoms with van der Waals surface area (Å²) in [6, 6.07) is 4.90. The third kappa shape index (κ3) is 14.4. The number of hydrogen-bond donors (Lipinski definition) is 2. The maximum absolute atomic E-state index is 9.48. The molecular formula is C24H43NO2. The van der Waals surface area contributed by atoms with Gasteiger partial charge in [-0.3, -0.25) is 0 Å². The first-order valence-electron chi connectivity index (χ1n) is 11.4. The number of phenolic OH excluding ortho intramolecular Hbond substituents is 1. The molecule has 0 heterocycles. The fraction of sp³-hybridized carbons (Fsp3) is 0.750. The summed E-state index contributed by atoms with van der Waals surface area (Å²) in [5.41, 5.74) is 6.22. The van der Waals surface area contributed by atoms with Crippen LogP contribution >= 0.6 is 0 Å². The van der Waals surface area contributed by atoms with E-state index in [2.05, 4.69) is 6.92 Å². The Kier molecular flexibility index (Phi) is 14.7. The van der Waals surface area contributed by atoms with Gasteiger partial charge in [0.25, 0.3) is 0 Å². The Bertz CT molecular complexity index is 441. The lowest BCUT2D eigenvalue weighted by atomic mass is 10.0. The van der Waals surface area contributed by atoms with E-state index in [1.807, 2.05) is 0 Å². The first-order valence-corrected chi connectivity index (χ1v) is 11.4. The molecule has 1 rings (SSSR count). The van der Waals surface area contributed by atoms with Crippen molar-refractivity contribution in [3.63, 3.8) is 0 Å². The second kappa shape index (κ2) is 16.8. The highest BCUT2D eigenvalue weighted by molar-refractivity contribution is 5.49. The molecule has 0 spiro atoms. The predicted octanol–water partition coefficient (Wildman–Crippen LogP) is 7.61. The van der Waals surface area contributed by atoms with E-state index in [0.717, 1.165) is 6.42 Å². The van der Waals surface area contributed by atoms with Crippen molar-refractivity contribution in [2.75, 3.05) is 12.3 Å². The molecule has 3 nitrogen and oxygen atoms in total. The van der Waals surface area contributed by atoms with Gasteiger partial charge in [-0.05, 0) is 6.42 Å². The van der Waals surface area contributed by atoms with Gasteiger partial charge in [0.05, 0.1) is 6.61 Å². The molecule has 0 aliphatic rings. The second-order valence-corrected chi connectivity index (χ2v) is 7.91. The standard InChI is InChI=1S/C24H43NO2/c1-2-3-4-5-6-7-8-9-10-11-12-13-14-15-16-17-18-27-24-20-22(25)19-23(26)21-24/h19-21,26H,2-18,25H2,1H3. The highest BCUT2D eigenvalue weighted by atomic mass is 16.5. The number of nitrogen functional groups attached to an aromatic ring is 1. The highest BCUT2D eigenvalue weighted by Gasteiger charge is 1.99. The largest absolute Gasteiger partial charge is 0.508 e. The minimum absolute atomic E-state index is 0.164. The molecule has 0 aromatic heterocycles. The normalized spacial score (nSPS) is 11.0. The van der Waals surface area contributed by atoms with Crippen LogP contribution in [0.3, 0.4) is 0 Å². The molecule has 0 radical (unpaired) electrons. The zero-order chi connectivity index (χ0) is 19.6.